The molecule has 0 saturated carbocycles. The van der Waals surface area contributed by atoms with Gasteiger partial charge in [-0.05, 0) is 37.1 Å². The second-order valence-electron chi connectivity index (χ2n) is 11.4. The van der Waals surface area contributed by atoms with E-state index in [9.17, 15) is 8.78 Å². The van der Waals surface area contributed by atoms with E-state index in [1.54, 1.807) is 4.90 Å². The maximum absolute atomic E-state index is 14.4. The molecule has 0 aromatic heterocycles. The number of nitrogens with one attached hydrogen (secondary N) is 2. The molecule has 2 saturated heterocycles. The van der Waals surface area contributed by atoms with Crippen molar-refractivity contribution in [3.05, 3.63) is 81.6 Å². The zero-order valence-electron chi connectivity index (χ0n) is 25.1. The summed E-state index contributed by atoms with van der Waals surface area (Å²) in [4.78, 5) is 3.86. The Morgan fingerprint density at radius 1 is 0.705 bits per heavy atom. The number of hydrogen-bond donors (Lipinski definition) is 2. The van der Waals surface area contributed by atoms with Gasteiger partial charge in [-0.15, -0.1) is 0 Å². The molecule has 4 aliphatic rings. The molecule has 0 spiro atoms. The molecule has 44 heavy (non-hydrogen) atoms. The first-order chi connectivity index (χ1) is 21.1. The predicted octanol–water partition coefficient (Wildman–Crippen LogP) is 6.33. The zero-order valence-corrected chi connectivity index (χ0v) is 26.6. The zero-order chi connectivity index (χ0) is 31.4. The van der Waals surface area contributed by atoms with Crippen molar-refractivity contribution in [1.82, 2.24) is 10.9 Å². The van der Waals surface area contributed by atoms with Crippen LogP contribution in [0.5, 0.6) is 0 Å². The van der Waals surface area contributed by atoms with E-state index >= 15 is 0 Å². The van der Waals surface area contributed by atoms with Crippen LogP contribution in [0.15, 0.2) is 59.0 Å². The monoisotopic (exact) mass is 646 g/mol. The number of rotatable bonds is 4. The summed E-state index contributed by atoms with van der Waals surface area (Å²) in [6, 6.07) is 6.62. The van der Waals surface area contributed by atoms with Crippen LogP contribution in [-0.4, -0.2) is 64.0 Å². The summed E-state index contributed by atoms with van der Waals surface area (Å²) in [6.45, 7) is 16.8. The third kappa shape index (κ3) is 7.37. The molecule has 4 heterocycles. The maximum Gasteiger partial charge on any atom is 0.150 e. The molecule has 4 aliphatic heterocycles. The molecule has 2 fully saturated rings. The van der Waals surface area contributed by atoms with E-state index < -0.39 is 11.6 Å². The van der Waals surface area contributed by atoms with Gasteiger partial charge in [0.2, 0.25) is 0 Å². The smallest absolute Gasteiger partial charge is 0.150 e. The van der Waals surface area contributed by atoms with Gasteiger partial charge in [0.25, 0.3) is 0 Å². The second kappa shape index (κ2) is 14.3. The van der Waals surface area contributed by atoms with Crippen LogP contribution in [0.2, 0.25) is 10.0 Å². The lowest BCUT2D eigenvalue weighted by Gasteiger charge is -2.31. The van der Waals surface area contributed by atoms with Crippen molar-refractivity contribution < 1.29 is 18.3 Å². The molecular weight excluding hydrogens is 609 g/mol. The Morgan fingerprint density at radius 3 is 1.50 bits per heavy atom. The van der Waals surface area contributed by atoms with Crippen molar-refractivity contribution in [2.45, 2.75) is 26.7 Å². The number of anilines is 2. The first-order valence-electron chi connectivity index (χ1n) is 14.8. The van der Waals surface area contributed by atoms with Crippen LogP contribution in [-0.2, 0) is 9.47 Å². The van der Waals surface area contributed by atoms with Gasteiger partial charge >= 0.3 is 0 Å². The highest BCUT2D eigenvalue weighted by Gasteiger charge is 2.25. The van der Waals surface area contributed by atoms with Crippen LogP contribution >= 0.6 is 23.2 Å². The van der Waals surface area contributed by atoms with Crippen molar-refractivity contribution in [2.75, 3.05) is 62.4 Å². The summed E-state index contributed by atoms with van der Waals surface area (Å²) in [5.41, 5.74) is 11.4. The fraction of sp³-hybridized carbons (Fsp3) is 0.438. The van der Waals surface area contributed by atoms with Crippen LogP contribution < -0.4 is 20.7 Å². The summed E-state index contributed by atoms with van der Waals surface area (Å²) in [7, 11) is 0. The average molecular weight is 648 g/mol. The summed E-state index contributed by atoms with van der Waals surface area (Å²) < 4.78 is 39.5. The van der Waals surface area contributed by atoms with Gasteiger partial charge in [-0.1, -0.05) is 50.2 Å². The Morgan fingerprint density at radius 2 is 1.09 bits per heavy atom. The third-order valence-electron chi connectivity index (χ3n) is 7.99. The van der Waals surface area contributed by atoms with Gasteiger partial charge in [0.1, 0.15) is 17.3 Å². The minimum absolute atomic E-state index is 0.0217. The Labute approximate surface area is 267 Å². The highest BCUT2D eigenvalue weighted by molar-refractivity contribution is 6.39. The van der Waals surface area contributed by atoms with E-state index in [1.165, 1.54) is 12.1 Å². The first-order valence-corrected chi connectivity index (χ1v) is 15.5. The Hall–Kier alpha value is -3.18. The number of benzene rings is 2. The van der Waals surface area contributed by atoms with E-state index in [0.29, 0.717) is 67.3 Å². The quantitative estimate of drug-likeness (QED) is 0.405. The predicted molar refractivity (Wildman–Crippen MR) is 174 cm³/mol. The fourth-order valence-electron chi connectivity index (χ4n) is 5.83. The Kier molecular flexibility index (Phi) is 10.5. The minimum Gasteiger partial charge on any atom is -0.378 e. The van der Waals surface area contributed by atoms with Crippen LogP contribution in [0, 0.1) is 23.5 Å². The van der Waals surface area contributed by atoms with E-state index in [0.717, 1.165) is 47.9 Å². The summed E-state index contributed by atoms with van der Waals surface area (Å²) in [5, 5.41) is 9.90. The highest BCUT2D eigenvalue weighted by atomic mass is 35.5. The molecule has 0 amide bonds. The van der Waals surface area contributed by atoms with Crippen LogP contribution in [0.25, 0.3) is 0 Å². The van der Waals surface area contributed by atoms with Gasteiger partial charge in [-0.2, -0.15) is 10.2 Å². The molecule has 0 radical (unpaired) electrons. The summed E-state index contributed by atoms with van der Waals surface area (Å²) in [6.07, 6.45) is 1.56. The molecule has 2 aromatic carbocycles. The van der Waals surface area contributed by atoms with E-state index in [2.05, 4.69) is 46.0 Å². The van der Waals surface area contributed by atoms with E-state index in [1.807, 2.05) is 19.1 Å². The van der Waals surface area contributed by atoms with E-state index in [-0.39, 0.29) is 17.5 Å². The lowest BCUT2D eigenvalue weighted by atomic mass is 9.93. The van der Waals surface area contributed by atoms with Crippen molar-refractivity contribution in [3.8, 4) is 0 Å². The highest BCUT2D eigenvalue weighted by Crippen LogP contribution is 2.37. The number of morpholine rings is 2. The third-order valence-corrected chi connectivity index (χ3v) is 8.56. The largest absolute Gasteiger partial charge is 0.378 e. The number of hydrogen-bond acceptors (Lipinski definition) is 8. The molecule has 0 aliphatic carbocycles. The van der Waals surface area contributed by atoms with Gasteiger partial charge in [-0.25, -0.2) is 8.78 Å². The number of nitrogens with zero attached hydrogens (tertiary/aromatic N) is 4. The number of ether oxygens (including phenoxy) is 2. The van der Waals surface area contributed by atoms with Crippen molar-refractivity contribution in [1.29, 1.82) is 0 Å². The van der Waals surface area contributed by atoms with Crippen LogP contribution in [0.3, 0.4) is 0 Å². The molecule has 2 atom stereocenters. The molecule has 8 nitrogen and oxygen atoms in total. The SMILES string of the molecule is C=C1C[C@@H](C)C(c2cc(Cl)c(N3CCOCC3)c(Cl)c2)=NN1.C=C1C[C@@H](C)C(c2cc(F)c(N3CCOCC3)c(F)c2)=NN1. The number of hydrazone groups is 2. The first kappa shape index (κ1) is 32.2. The number of halogens is 4. The molecule has 236 valence electrons. The van der Waals surface area contributed by atoms with Gasteiger partial charge in [0, 0.05) is 60.5 Å². The Balaban J connectivity index is 0.000000175. The van der Waals surface area contributed by atoms with Gasteiger partial charge in [-0.3, -0.25) is 10.9 Å². The van der Waals surface area contributed by atoms with Crippen molar-refractivity contribution >= 4 is 46.0 Å². The van der Waals surface area contributed by atoms with Crippen LogP contribution in [0.1, 0.15) is 37.8 Å². The maximum atomic E-state index is 14.4. The number of allylic oxidation sites excluding steroid dienone is 2. The lowest BCUT2D eigenvalue weighted by molar-refractivity contribution is 0.122. The molecule has 6 rings (SSSR count). The topological polar surface area (TPSA) is 73.7 Å². The summed E-state index contributed by atoms with van der Waals surface area (Å²) in [5.74, 6) is -0.760. The van der Waals surface area contributed by atoms with Crippen molar-refractivity contribution in [3.63, 3.8) is 0 Å². The van der Waals surface area contributed by atoms with Gasteiger partial charge < -0.3 is 19.3 Å². The average Bonchev–Trinajstić information content (AvgIpc) is 2.98. The van der Waals surface area contributed by atoms with Gasteiger partial charge in [0.05, 0.1) is 53.6 Å². The van der Waals surface area contributed by atoms with E-state index in [4.69, 9.17) is 32.7 Å². The van der Waals surface area contributed by atoms with Gasteiger partial charge in [0.15, 0.2) is 0 Å². The summed E-state index contributed by atoms with van der Waals surface area (Å²) >= 11 is 13.0. The molecule has 12 heteroatoms. The minimum atomic E-state index is -0.559. The molecule has 2 N–H and O–H groups in total. The normalized spacial score (nSPS) is 22.3. The molecule has 2 aromatic rings. The fourth-order valence-corrected chi connectivity index (χ4v) is 6.55. The second-order valence-corrected chi connectivity index (χ2v) is 12.2. The Bertz CT molecular complexity index is 1320. The molecule has 0 unspecified atom stereocenters. The molecular formula is C32H38Cl2F2N6O2. The van der Waals surface area contributed by atoms with Crippen LogP contribution in [0.4, 0.5) is 20.2 Å². The standard InChI is InChI=1S/C16H19Cl2N3O.C16H19F2N3O/c2*1-10-7-11(2)19-20-15(10)12-8-13(17)16(14(18)9-12)21-3-5-22-6-4-21/h2*8-10,19H,2-7H2,1H3/t2*10-/m11/s1. The van der Waals surface area contributed by atoms with Crippen molar-refractivity contribution in [2.24, 2.45) is 22.0 Å². The lowest BCUT2D eigenvalue weighted by Crippen LogP contribution is -2.37. The molecule has 0 bridgehead atoms.